The molecule has 0 radical (unpaired) electrons. The molecule has 2 aromatic carbocycles. The van der Waals surface area contributed by atoms with Gasteiger partial charge in [0.2, 0.25) is 5.95 Å². The van der Waals surface area contributed by atoms with E-state index in [1.807, 2.05) is 24.5 Å². The minimum Gasteiger partial charge on any atom is -0.486 e. The highest BCUT2D eigenvalue weighted by Gasteiger charge is 2.22. The van der Waals surface area contributed by atoms with Crippen LogP contribution in [0.2, 0.25) is 0 Å². The standard InChI is InChI=1S/C25H28FN3O3S/c1-3-18-15-27-25(28-16-18)29-12-10-21(11-13-29)20-6-4-19(5-7-20)17-32-24-9-8-22(14-23(24)26)33(2,30)31/h4-9,14-16,21H,3,10-13,17H2,1-2H3. The van der Waals surface area contributed by atoms with E-state index in [1.165, 1.54) is 17.7 Å². The molecule has 1 saturated heterocycles. The van der Waals surface area contributed by atoms with Gasteiger partial charge >= 0.3 is 0 Å². The largest absolute Gasteiger partial charge is 0.486 e. The number of piperidine rings is 1. The predicted molar refractivity (Wildman–Crippen MR) is 126 cm³/mol. The Balaban J connectivity index is 1.31. The molecular weight excluding hydrogens is 441 g/mol. The lowest BCUT2D eigenvalue weighted by Crippen LogP contribution is -2.34. The molecule has 0 amide bonds. The maximum absolute atomic E-state index is 14.2. The van der Waals surface area contributed by atoms with Gasteiger partial charge in [-0.05, 0) is 60.1 Å². The van der Waals surface area contributed by atoms with Crippen molar-refractivity contribution < 1.29 is 17.5 Å². The summed E-state index contributed by atoms with van der Waals surface area (Å²) < 4.78 is 42.8. The third kappa shape index (κ3) is 5.68. The van der Waals surface area contributed by atoms with Gasteiger partial charge in [0.05, 0.1) is 4.90 Å². The second-order valence-electron chi connectivity index (χ2n) is 8.40. The molecule has 1 fully saturated rings. The van der Waals surface area contributed by atoms with E-state index in [0.717, 1.165) is 61.7 Å². The molecule has 8 heteroatoms. The fourth-order valence-corrected chi connectivity index (χ4v) is 4.62. The number of ether oxygens (including phenoxy) is 1. The number of hydrogen-bond donors (Lipinski definition) is 0. The second kappa shape index (κ2) is 9.87. The molecule has 3 aromatic rings. The molecule has 33 heavy (non-hydrogen) atoms. The lowest BCUT2D eigenvalue weighted by molar-refractivity contribution is 0.290. The summed E-state index contributed by atoms with van der Waals surface area (Å²) in [7, 11) is -3.45. The van der Waals surface area contributed by atoms with E-state index < -0.39 is 15.7 Å². The zero-order valence-corrected chi connectivity index (χ0v) is 19.7. The number of halogens is 1. The normalized spacial score (nSPS) is 14.9. The van der Waals surface area contributed by atoms with E-state index in [9.17, 15) is 12.8 Å². The highest BCUT2D eigenvalue weighted by molar-refractivity contribution is 7.90. The zero-order chi connectivity index (χ0) is 23.4. The Morgan fingerprint density at radius 1 is 1.03 bits per heavy atom. The molecule has 1 aromatic heterocycles. The minimum absolute atomic E-state index is 0.0352. The first-order chi connectivity index (χ1) is 15.8. The number of nitrogens with zero attached hydrogens (tertiary/aromatic N) is 3. The summed E-state index contributed by atoms with van der Waals surface area (Å²) in [6, 6.07) is 11.9. The third-order valence-corrected chi connectivity index (χ3v) is 7.16. The average Bonchev–Trinajstić information content (AvgIpc) is 2.83. The first kappa shape index (κ1) is 23.2. The fraction of sp³-hybridized carbons (Fsp3) is 0.360. The highest BCUT2D eigenvalue weighted by atomic mass is 32.2. The molecule has 1 aliphatic rings. The third-order valence-electron chi connectivity index (χ3n) is 6.05. The Bertz CT molecular complexity index is 1190. The van der Waals surface area contributed by atoms with Gasteiger partial charge in [-0.2, -0.15) is 0 Å². The Labute approximate surface area is 194 Å². The van der Waals surface area contributed by atoms with Crippen LogP contribution in [0.5, 0.6) is 5.75 Å². The molecule has 0 spiro atoms. The van der Waals surface area contributed by atoms with Crippen LogP contribution in [0.4, 0.5) is 10.3 Å². The highest BCUT2D eigenvalue weighted by Crippen LogP contribution is 2.30. The van der Waals surface area contributed by atoms with Crippen molar-refractivity contribution in [1.29, 1.82) is 0 Å². The van der Waals surface area contributed by atoms with Crippen LogP contribution in [0.3, 0.4) is 0 Å². The van der Waals surface area contributed by atoms with Gasteiger partial charge in [-0.3, -0.25) is 0 Å². The first-order valence-electron chi connectivity index (χ1n) is 11.1. The van der Waals surface area contributed by atoms with Crippen molar-refractivity contribution in [2.75, 3.05) is 24.2 Å². The minimum atomic E-state index is -3.45. The van der Waals surface area contributed by atoms with E-state index in [-0.39, 0.29) is 17.3 Å². The van der Waals surface area contributed by atoms with Crippen LogP contribution in [0.15, 0.2) is 59.8 Å². The van der Waals surface area contributed by atoms with Crippen molar-refractivity contribution in [3.05, 3.63) is 77.4 Å². The van der Waals surface area contributed by atoms with Gasteiger partial charge < -0.3 is 9.64 Å². The lowest BCUT2D eigenvalue weighted by atomic mass is 9.89. The molecule has 0 saturated carbocycles. The Morgan fingerprint density at radius 3 is 2.27 bits per heavy atom. The summed E-state index contributed by atoms with van der Waals surface area (Å²) in [4.78, 5) is 11.2. The van der Waals surface area contributed by atoms with Gasteiger partial charge in [-0.1, -0.05) is 31.2 Å². The van der Waals surface area contributed by atoms with Gasteiger partial charge in [0, 0.05) is 31.7 Å². The van der Waals surface area contributed by atoms with Crippen molar-refractivity contribution in [3.63, 3.8) is 0 Å². The number of sulfone groups is 1. The summed E-state index contributed by atoms with van der Waals surface area (Å²) in [5.41, 5.74) is 3.35. The zero-order valence-electron chi connectivity index (χ0n) is 18.9. The Morgan fingerprint density at radius 2 is 1.70 bits per heavy atom. The summed E-state index contributed by atoms with van der Waals surface area (Å²) in [6.45, 7) is 4.14. The molecule has 0 unspecified atom stereocenters. The number of aromatic nitrogens is 2. The fourth-order valence-electron chi connectivity index (χ4n) is 3.98. The molecule has 0 bridgehead atoms. The maximum atomic E-state index is 14.2. The molecule has 4 rings (SSSR count). The number of anilines is 1. The van der Waals surface area contributed by atoms with Gasteiger partial charge in [0.1, 0.15) is 6.61 Å². The van der Waals surface area contributed by atoms with E-state index in [0.29, 0.717) is 5.92 Å². The average molecular weight is 470 g/mol. The van der Waals surface area contributed by atoms with Crippen molar-refractivity contribution in [2.45, 2.75) is 43.6 Å². The quantitative estimate of drug-likeness (QED) is 0.506. The van der Waals surface area contributed by atoms with E-state index in [4.69, 9.17) is 4.74 Å². The Hall–Kier alpha value is -3.00. The van der Waals surface area contributed by atoms with E-state index >= 15 is 0 Å². The van der Waals surface area contributed by atoms with Crippen molar-refractivity contribution >= 4 is 15.8 Å². The van der Waals surface area contributed by atoms with Crippen LogP contribution in [-0.4, -0.2) is 37.7 Å². The number of rotatable bonds is 7. The summed E-state index contributed by atoms with van der Waals surface area (Å²) in [6.07, 6.45) is 7.86. The summed E-state index contributed by atoms with van der Waals surface area (Å²) in [5, 5.41) is 0. The van der Waals surface area contributed by atoms with Crippen LogP contribution >= 0.6 is 0 Å². The van der Waals surface area contributed by atoms with Crippen LogP contribution in [0.25, 0.3) is 0 Å². The van der Waals surface area contributed by atoms with Crippen molar-refractivity contribution in [3.8, 4) is 5.75 Å². The number of hydrogen-bond acceptors (Lipinski definition) is 6. The van der Waals surface area contributed by atoms with Crippen LogP contribution in [-0.2, 0) is 22.9 Å². The monoisotopic (exact) mass is 469 g/mol. The van der Waals surface area contributed by atoms with Gasteiger partial charge in [0.25, 0.3) is 0 Å². The molecule has 1 aliphatic heterocycles. The smallest absolute Gasteiger partial charge is 0.225 e. The number of benzene rings is 2. The molecule has 2 heterocycles. The summed E-state index contributed by atoms with van der Waals surface area (Å²) >= 11 is 0. The van der Waals surface area contributed by atoms with E-state index in [1.54, 1.807) is 0 Å². The van der Waals surface area contributed by atoms with E-state index in [2.05, 4.69) is 33.9 Å². The maximum Gasteiger partial charge on any atom is 0.225 e. The van der Waals surface area contributed by atoms with Crippen LogP contribution in [0, 0.1) is 5.82 Å². The molecular formula is C25H28FN3O3S. The molecule has 0 atom stereocenters. The topological polar surface area (TPSA) is 72.4 Å². The molecule has 174 valence electrons. The SMILES string of the molecule is CCc1cnc(N2CCC(c3ccc(COc4ccc(S(C)(=O)=O)cc4F)cc3)CC2)nc1. The molecule has 6 nitrogen and oxygen atoms in total. The predicted octanol–water partition coefficient (Wildman–Crippen LogP) is 4.54. The lowest BCUT2D eigenvalue weighted by Gasteiger charge is -2.32. The van der Waals surface area contributed by atoms with Gasteiger partial charge in [0.15, 0.2) is 21.4 Å². The molecule has 0 N–H and O–H groups in total. The first-order valence-corrected chi connectivity index (χ1v) is 13.0. The number of aryl methyl sites for hydroxylation is 1. The van der Waals surface area contributed by atoms with Crippen LogP contribution in [0.1, 0.15) is 42.4 Å². The molecule has 0 aliphatic carbocycles. The summed E-state index contributed by atoms with van der Waals surface area (Å²) in [5.74, 6) is 0.629. The second-order valence-corrected chi connectivity index (χ2v) is 10.4. The van der Waals surface area contributed by atoms with Crippen molar-refractivity contribution in [1.82, 2.24) is 9.97 Å². The Kier molecular flexibility index (Phi) is 6.93. The van der Waals surface area contributed by atoms with Gasteiger partial charge in [-0.25, -0.2) is 22.8 Å². The van der Waals surface area contributed by atoms with Gasteiger partial charge in [-0.15, -0.1) is 0 Å². The van der Waals surface area contributed by atoms with Crippen molar-refractivity contribution in [2.24, 2.45) is 0 Å². The van der Waals surface area contributed by atoms with Crippen LogP contribution < -0.4 is 9.64 Å².